The minimum atomic E-state index is -0.550. The van der Waals surface area contributed by atoms with Crippen LogP contribution >= 0.6 is 0 Å². The normalized spacial score (nSPS) is 9.25. The van der Waals surface area contributed by atoms with E-state index in [0.717, 1.165) is 0 Å². The number of nitro groups is 1. The molecule has 1 rings (SSSR count). The third kappa shape index (κ3) is 2.58. The number of Topliss-reactive ketones (excluding diaryl/α,β-unsaturated/α-hetero) is 1. The SMILES string of the molecule is C#CCNc1ccc(C(C)=O)cc1[N+](=O)[O-]. The van der Waals surface area contributed by atoms with E-state index in [0.29, 0.717) is 11.3 Å². The molecule has 0 aliphatic heterocycles. The minimum absolute atomic E-state index is 0.150. The first-order valence-electron chi connectivity index (χ1n) is 4.53. The lowest BCUT2D eigenvalue weighted by Gasteiger charge is -2.04. The Balaban J connectivity index is 3.15. The number of carbonyl (C=O) groups excluding carboxylic acids is 1. The highest BCUT2D eigenvalue weighted by Gasteiger charge is 2.15. The first-order chi connectivity index (χ1) is 7.56. The van der Waals surface area contributed by atoms with Gasteiger partial charge in [0, 0.05) is 11.6 Å². The summed E-state index contributed by atoms with van der Waals surface area (Å²) in [6, 6.07) is 4.24. The van der Waals surface area contributed by atoms with Crippen LogP contribution in [0.1, 0.15) is 17.3 Å². The van der Waals surface area contributed by atoms with Crippen molar-refractivity contribution in [3.63, 3.8) is 0 Å². The molecule has 1 aromatic rings. The second-order valence-corrected chi connectivity index (χ2v) is 3.10. The third-order valence-electron chi connectivity index (χ3n) is 1.98. The predicted molar refractivity (Wildman–Crippen MR) is 60.4 cm³/mol. The van der Waals surface area contributed by atoms with Gasteiger partial charge in [-0.25, -0.2) is 0 Å². The fourth-order valence-corrected chi connectivity index (χ4v) is 1.20. The van der Waals surface area contributed by atoms with E-state index in [1.54, 1.807) is 0 Å². The van der Waals surface area contributed by atoms with Crippen molar-refractivity contribution in [2.24, 2.45) is 0 Å². The zero-order valence-electron chi connectivity index (χ0n) is 8.69. The number of hydrogen-bond acceptors (Lipinski definition) is 4. The number of nitrogens with zero attached hydrogens (tertiary/aromatic N) is 1. The molecular weight excluding hydrogens is 208 g/mol. The highest BCUT2D eigenvalue weighted by atomic mass is 16.6. The van der Waals surface area contributed by atoms with E-state index in [4.69, 9.17) is 6.42 Å². The van der Waals surface area contributed by atoms with Crippen molar-refractivity contribution in [2.45, 2.75) is 6.92 Å². The molecule has 0 heterocycles. The van der Waals surface area contributed by atoms with Gasteiger partial charge in [0.05, 0.1) is 11.5 Å². The fraction of sp³-hybridized carbons (Fsp3) is 0.182. The van der Waals surface area contributed by atoms with Gasteiger partial charge in [0.2, 0.25) is 0 Å². The van der Waals surface area contributed by atoms with E-state index in [9.17, 15) is 14.9 Å². The molecule has 5 heteroatoms. The molecule has 0 atom stereocenters. The van der Waals surface area contributed by atoms with Crippen molar-refractivity contribution < 1.29 is 9.72 Å². The molecule has 0 saturated carbocycles. The predicted octanol–water partition coefficient (Wildman–Crippen LogP) is 1.84. The van der Waals surface area contributed by atoms with Crippen molar-refractivity contribution in [1.82, 2.24) is 0 Å². The van der Waals surface area contributed by atoms with Gasteiger partial charge in [0.25, 0.3) is 5.69 Å². The third-order valence-corrected chi connectivity index (χ3v) is 1.98. The van der Waals surface area contributed by atoms with E-state index < -0.39 is 4.92 Å². The molecule has 5 nitrogen and oxygen atoms in total. The van der Waals surface area contributed by atoms with Gasteiger partial charge in [-0.15, -0.1) is 6.42 Å². The van der Waals surface area contributed by atoms with Crippen LogP contribution in [0.25, 0.3) is 0 Å². The Bertz CT molecular complexity index is 475. The number of rotatable bonds is 4. The number of nitro benzene ring substituents is 1. The van der Waals surface area contributed by atoms with E-state index in [-0.39, 0.29) is 18.0 Å². The first kappa shape index (κ1) is 11.7. The summed E-state index contributed by atoms with van der Waals surface area (Å²) in [5.74, 6) is 2.10. The number of hydrogen-bond donors (Lipinski definition) is 1. The average Bonchev–Trinajstić information content (AvgIpc) is 2.25. The number of nitrogens with one attached hydrogen (secondary N) is 1. The molecule has 0 aliphatic rings. The van der Waals surface area contributed by atoms with Crippen LogP contribution in [0, 0.1) is 22.5 Å². The van der Waals surface area contributed by atoms with Gasteiger partial charge < -0.3 is 5.32 Å². The van der Waals surface area contributed by atoms with E-state index in [1.165, 1.54) is 25.1 Å². The van der Waals surface area contributed by atoms with Crippen LogP contribution in [0.4, 0.5) is 11.4 Å². The van der Waals surface area contributed by atoms with E-state index >= 15 is 0 Å². The molecule has 82 valence electrons. The van der Waals surface area contributed by atoms with Crippen LogP contribution in [-0.2, 0) is 0 Å². The van der Waals surface area contributed by atoms with Crippen LogP contribution < -0.4 is 5.32 Å². The Morgan fingerprint density at radius 3 is 2.81 bits per heavy atom. The Kier molecular flexibility index (Phi) is 3.62. The first-order valence-corrected chi connectivity index (χ1v) is 4.53. The Labute approximate surface area is 92.6 Å². The standard InChI is InChI=1S/C11H10N2O3/c1-3-6-12-10-5-4-9(8(2)14)7-11(10)13(15)16/h1,4-5,7,12H,6H2,2H3. The Morgan fingerprint density at radius 1 is 1.62 bits per heavy atom. The molecule has 0 aliphatic carbocycles. The molecule has 1 aromatic carbocycles. The monoisotopic (exact) mass is 218 g/mol. The number of ketones is 1. The topological polar surface area (TPSA) is 72.2 Å². The maximum atomic E-state index is 11.1. The highest BCUT2D eigenvalue weighted by molar-refractivity contribution is 5.95. The molecule has 0 amide bonds. The largest absolute Gasteiger partial charge is 0.369 e. The maximum absolute atomic E-state index is 11.1. The van der Waals surface area contributed by atoms with Crippen molar-refractivity contribution in [1.29, 1.82) is 0 Å². The summed E-state index contributed by atoms with van der Waals surface area (Å²) in [5, 5.41) is 13.5. The lowest BCUT2D eigenvalue weighted by Crippen LogP contribution is -2.04. The second-order valence-electron chi connectivity index (χ2n) is 3.10. The highest BCUT2D eigenvalue weighted by Crippen LogP contribution is 2.25. The molecule has 0 aromatic heterocycles. The summed E-state index contributed by atoms with van der Waals surface area (Å²) in [6.45, 7) is 1.55. The van der Waals surface area contributed by atoms with Gasteiger partial charge in [-0.3, -0.25) is 14.9 Å². The molecular formula is C11H10N2O3. The Hall–Kier alpha value is -2.35. The summed E-state index contributed by atoms with van der Waals surface area (Å²) in [5.41, 5.74) is 0.467. The lowest BCUT2D eigenvalue weighted by molar-refractivity contribution is -0.384. The maximum Gasteiger partial charge on any atom is 0.293 e. The quantitative estimate of drug-likeness (QED) is 0.362. The second kappa shape index (κ2) is 4.94. The molecule has 0 spiro atoms. The zero-order valence-corrected chi connectivity index (χ0v) is 8.69. The fourth-order valence-electron chi connectivity index (χ4n) is 1.20. The van der Waals surface area contributed by atoms with Gasteiger partial charge in [0.15, 0.2) is 5.78 Å². The summed E-state index contributed by atoms with van der Waals surface area (Å²) in [7, 11) is 0. The number of benzene rings is 1. The van der Waals surface area contributed by atoms with Crippen LogP contribution in [-0.4, -0.2) is 17.3 Å². The van der Waals surface area contributed by atoms with Crippen LogP contribution in [0.5, 0.6) is 0 Å². The van der Waals surface area contributed by atoms with Crippen LogP contribution in [0.2, 0.25) is 0 Å². The molecule has 0 unspecified atom stereocenters. The average molecular weight is 218 g/mol. The van der Waals surface area contributed by atoms with Crippen LogP contribution in [0.15, 0.2) is 18.2 Å². The van der Waals surface area contributed by atoms with Gasteiger partial charge in [-0.2, -0.15) is 0 Å². The van der Waals surface area contributed by atoms with Crippen molar-refractivity contribution in [3.8, 4) is 12.3 Å². The van der Waals surface area contributed by atoms with E-state index in [1.807, 2.05) is 0 Å². The number of terminal acetylenes is 1. The van der Waals surface area contributed by atoms with Gasteiger partial charge in [-0.05, 0) is 19.1 Å². The summed E-state index contributed by atoms with van der Waals surface area (Å²) in [6.07, 6.45) is 5.04. The van der Waals surface area contributed by atoms with Gasteiger partial charge in [-0.1, -0.05) is 5.92 Å². The summed E-state index contributed by atoms with van der Waals surface area (Å²) in [4.78, 5) is 21.3. The molecule has 0 saturated heterocycles. The van der Waals surface area contributed by atoms with E-state index in [2.05, 4.69) is 11.2 Å². The zero-order chi connectivity index (χ0) is 12.1. The molecule has 0 bridgehead atoms. The molecule has 16 heavy (non-hydrogen) atoms. The van der Waals surface area contributed by atoms with Crippen molar-refractivity contribution in [3.05, 3.63) is 33.9 Å². The lowest BCUT2D eigenvalue weighted by atomic mass is 10.1. The summed E-state index contributed by atoms with van der Waals surface area (Å²) >= 11 is 0. The number of carbonyl (C=O) groups is 1. The van der Waals surface area contributed by atoms with Gasteiger partial charge >= 0.3 is 0 Å². The van der Waals surface area contributed by atoms with Gasteiger partial charge in [0.1, 0.15) is 5.69 Å². The smallest absolute Gasteiger partial charge is 0.293 e. The molecule has 1 N–H and O–H groups in total. The van der Waals surface area contributed by atoms with Crippen molar-refractivity contribution >= 4 is 17.2 Å². The summed E-state index contributed by atoms with van der Waals surface area (Å²) < 4.78 is 0. The van der Waals surface area contributed by atoms with Crippen LogP contribution in [0.3, 0.4) is 0 Å². The Morgan fingerprint density at radius 2 is 2.31 bits per heavy atom. The van der Waals surface area contributed by atoms with Crippen molar-refractivity contribution in [2.75, 3.05) is 11.9 Å². The minimum Gasteiger partial charge on any atom is -0.369 e. The number of anilines is 1. The molecule has 0 radical (unpaired) electrons. The molecule has 0 fully saturated rings.